The van der Waals surface area contributed by atoms with Crippen LogP contribution in [-0.4, -0.2) is 38.0 Å². The number of para-hydroxylation sites is 1. The average molecular weight is 380 g/mol. The first-order chi connectivity index (χ1) is 13.5. The average Bonchev–Trinajstić information content (AvgIpc) is 3.02. The lowest BCUT2D eigenvalue weighted by Crippen LogP contribution is -2.29. The van der Waals surface area contributed by atoms with Crippen LogP contribution in [0.2, 0.25) is 0 Å². The van der Waals surface area contributed by atoms with E-state index in [1.165, 1.54) is 25.4 Å². The Balaban J connectivity index is 1.69. The Bertz CT molecular complexity index is 918. The van der Waals surface area contributed by atoms with Crippen molar-refractivity contribution in [1.29, 1.82) is 0 Å². The van der Waals surface area contributed by atoms with Crippen molar-refractivity contribution in [3.63, 3.8) is 0 Å². The van der Waals surface area contributed by atoms with E-state index in [1.54, 1.807) is 37.3 Å². The van der Waals surface area contributed by atoms with Gasteiger partial charge in [0, 0.05) is 17.8 Å². The highest BCUT2D eigenvalue weighted by Crippen LogP contribution is 2.23. The minimum absolute atomic E-state index is 0.232. The summed E-state index contributed by atoms with van der Waals surface area (Å²) in [4.78, 5) is 24.9. The maximum Gasteiger partial charge on any atom is 0.271 e. The maximum atomic E-state index is 12.6. The molecule has 0 saturated carbocycles. The van der Waals surface area contributed by atoms with Crippen molar-refractivity contribution < 1.29 is 19.1 Å². The molecule has 2 aromatic carbocycles. The summed E-state index contributed by atoms with van der Waals surface area (Å²) in [6.07, 6.45) is 1.37. The quantitative estimate of drug-likeness (QED) is 0.615. The number of benzene rings is 2. The van der Waals surface area contributed by atoms with Gasteiger partial charge >= 0.3 is 0 Å². The van der Waals surface area contributed by atoms with Gasteiger partial charge in [-0.15, -0.1) is 0 Å². The van der Waals surface area contributed by atoms with Crippen LogP contribution < -0.4 is 19.9 Å². The molecule has 1 N–H and O–H groups in total. The Labute approximate surface area is 162 Å². The maximum absolute atomic E-state index is 12.6. The largest absolute Gasteiger partial charge is 0.497 e. The summed E-state index contributed by atoms with van der Waals surface area (Å²) < 4.78 is 10.3. The van der Waals surface area contributed by atoms with Crippen LogP contribution in [0.3, 0.4) is 0 Å². The van der Waals surface area contributed by atoms with Crippen molar-refractivity contribution >= 4 is 29.4 Å². The van der Waals surface area contributed by atoms with Crippen LogP contribution in [0.5, 0.6) is 11.5 Å². The summed E-state index contributed by atoms with van der Waals surface area (Å²) in [7, 11) is 3.00. The molecule has 1 aliphatic heterocycles. The van der Waals surface area contributed by atoms with Gasteiger partial charge in [-0.1, -0.05) is 18.2 Å². The van der Waals surface area contributed by atoms with Gasteiger partial charge in [-0.05, 0) is 31.2 Å². The number of hydrogen-bond donors (Lipinski definition) is 1. The molecule has 1 atom stereocenters. The van der Waals surface area contributed by atoms with Gasteiger partial charge in [0.15, 0.2) is 0 Å². The summed E-state index contributed by atoms with van der Waals surface area (Å²) in [5, 5.41) is 9.56. The predicted octanol–water partition coefficient (Wildman–Crippen LogP) is 2.46. The van der Waals surface area contributed by atoms with E-state index >= 15 is 0 Å². The zero-order valence-electron chi connectivity index (χ0n) is 15.7. The fourth-order valence-corrected chi connectivity index (χ4v) is 2.68. The number of methoxy groups -OCH3 is 2. The van der Waals surface area contributed by atoms with Crippen LogP contribution in [0, 0.1) is 5.92 Å². The van der Waals surface area contributed by atoms with Gasteiger partial charge in [-0.2, -0.15) is 15.2 Å². The molecule has 2 amide bonds. The zero-order chi connectivity index (χ0) is 20.1. The second-order valence-electron chi connectivity index (χ2n) is 6.03. The number of amides is 2. The van der Waals surface area contributed by atoms with Crippen LogP contribution >= 0.6 is 0 Å². The number of nitrogens with zero attached hydrogens (tertiary/aromatic N) is 3. The van der Waals surface area contributed by atoms with Crippen molar-refractivity contribution in [3.05, 3.63) is 54.1 Å². The third kappa shape index (κ3) is 4.01. The highest BCUT2D eigenvalue weighted by Gasteiger charge is 2.33. The summed E-state index contributed by atoms with van der Waals surface area (Å²) in [5.41, 5.74) is 4.01. The summed E-state index contributed by atoms with van der Waals surface area (Å²) in [5.74, 6) is -0.347. The fraction of sp³-hybridized carbons (Fsp3) is 0.200. The van der Waals surface area contributed by atoms with E-state index in [1.807, 2.05) is 18.2 Å². The molecule has 1 unspecified atom stereocenters. The molecule has 0 radical (unpaired) electrons. The molecule has 0 aromatic heterocycles. The first-order valence-electron chi connectivity index (χ1n) is 8.54. The number of carbonyl (C=O) groups is 2. The van der Waals surface area contributed by atoms with Gasteiger partial charge in [0.1, 0.15) is 17.4 Å². The van der Waals surface area contributed by atoms with Crippen LogP contribution in [0.25, 0.3) is 0 Å². The summed E-state index contributed by atoms with van der Waals surface area (Å²) in [6.45, 7) is 1.74. The van der Waals surface area contributed by atoms with Gasteiger partial charge < -0.3 is 9.47 Å². The number of nitrogens with one attached hydrogen (secondary N) is 1. The van der Waals surface area contributed by atoms with Crippen LogP contribution in [-0.2, 0) is 4.79 Å². The lowest BCUT2D eigenvalue weighted by molar-refractivity contribution is -0.118. The van der Waals surface area contributed by atoms with Gasteiger partial charge in [0.05, 0.1) is 25.6 Å². The fourth-order valence-electron chi connectivity index (χ4n) is 2.68. The molecule has 1 heterocycles. The van der Waals surface area contributed by atoms with Crippen molar-refractivity contribution in [2.45, 2.75) is 6.92 Å². The Morgan fingerprint density at radius 1 is 1.14 bits per heavy atom. The third-order valence-corrected chi connectivity index (χ3v) is 4.19. The first-order valence-corrected chi connectivity index (χ1v) is 8.54. The molecule has 28 heavy (non-hydrogen) atoms. The number of hydrazone groups is 2. The summed E-state index contributed by atoms with van der Waals surface area (Å²) in [6, 6.07) is 13.9. The Kier molecular flexibility index (Phi) is 5.69. The Hall–Kier alpha value is -3.68. The smallest absolute Gasteiger partial charge is 0.271 e. The number of ether oxygens (including phenoxy) is 2. The zero-order valence-corrected chi connectivity index (χ0v) is 15.7. The summed E-state index contributed by atoms with van der Waals surface area (Å²) >= 11 is 0. The lowest BCUT2D eigenvalue weighted by atomic mass is 10.1. The number of anilines is 1. The minimum atomic E-state index is -0.639. The second kappa shape index (κ2) is 8.34. The number of rotatable bonds is 6. The number of carbonyl (C=O) groups excluding carboxylic acids is 2. The minimum Gasteiger partial charge on any atom is -0.497 e. The van der Waals surface area contributed by atoms with Gasteiger partial charge in [0.2, 0.25) is 0 Å². The third-order valence-electron chi connectivity index (χ3n) is 4.19. The van der Waals surface area contributed by atoms with Crippen LogP contribution in [0.15, 0.2) is 58.7 Å². The number of hydrogen-bond acceptors (Lipinski definition) is 6. The molecule has 3 rings (SSSR count). The van der Waals surface area contributed by atoms with E-state index in [4.69, 9.17) is 9.47 Å². The molecule has 0 saturated heterocycles. The standard InChI is InChI=1S/C20H20N4O4/c1-13-18(20(26)24(23-13)15-7-5-4-6-8-15)12-21-22-19(25)14-9-16(27-2)11-17(10-14)28-3/h4-12,18H,1-3H3,(H,22,25). The van der Waals surface area contributed by atoms with E-state index in [0.29, 0.717) is 28.5 Å². The lowest BCUT2D eigenvalue weighted by Gasteiger charge is -2.12. The molecule has 1 aliphatic rings. The van der Waals surface area contributed by atoms with E-state index in [0.717, 1.165) is 0 Å². The van der Waals surface area contributed by atoms with Gasteiger partial charge in [-0.3, -0.25) is 9.59 Å². The van der Waals surface area contributed by atoms with Crippen molar-refractivity contribution in [2.24, 2.45) is 16.1 Å². The first kappa shape index (κ1) is 19.1. The molecular formula is C20H20N4O4. The molecule has 0 aliphatic carbocycles. The Morgan fingerprint density at radius 3 is 2.39 bits per heavy atom. The predicted molar refractivity (Wildman–Crippen MR) is 106 cm³/mol. The molecule has 0 bridgehead atoms. The van der Waals surface area contributed by atoms with Crippen molar-refractivity contribution in [2.75, 3.05) is 19.2 Å². The van der Waals surface area contributed by atoms with E-state index < -0.39 is 11.8 Å². The topological polar surface area (TPSA) is 92.6 Å². The van der Waals surface area contributed by atoms with Crippen molar-refractivity contribution in [3.8, 4) is 11.5 Å². The molecule has 0 spiro atoms. The molecular weight excluding hydrogens is 360 g/mol. The highest BCUT2D eigenvalue weighted by atomic mass is 16.5. The SMILES string of the molecule is COc1cc(OC)cc(C(=O)NN=CC2C(=O)N(c3ccccc3)N=C2C)c1. The Morgan fingerprint density at radius 2 is 1.79 bits per heavy atom. The molecule has 0 fully saturated rings. The van der Waals surface area contributed by atoms with E-state index in [-0.39, 0.29) is 5.91 Å². The van der Waals surface area contributed by atoms with E-state index in [9.17, 15) is 9.59 Å². The molecule has 8 heteroatoms. The molecule has 8 nitrogen and oxygen atoms in total. The van der Waals surface area contributed by atoms with Crippen LogP contribution in [0.1, 0.15) is 17.3 Å². The van der Waals surface area contributed by atoms with Crippen molar-refractivity contribution in [1.82, 2.24) is 5.43 Å². The van der Waals surface area contributed by atoms with Crippen LogP contribution in [0.4, 0.5) is 5.69 Å². The monoisotopic (exact) mass is 380 g/mol. The van der Waals surface area contributed by atoms with Gasteiger partial charge in [-0.25, -0.2) is 5.43 Å². The molecule has 144 valence electrons. The normalized spacial score (nSPS) is 16.2. The second-order valence-corrected chi connectivity index (χ2v) is 6.03. The van der Waals surface area contributed by atoms with Gasteiger partial charge in [0.25, 0.3) is 11.8 Å². The highest BCUT2D eigenvalue weighted by molar-refractivity contribution is 6.23. The molecule has 2 aromatic rings. The van der Waals surface area contributed by atoms with E-state index in [2.05, 4.69) is 15.6 Å².